The first-order chi connectivity index (χ1) is 20.1. The van der Waals surface area contributed by atoms with Crippen LogP contribution in [0.2, 0.25) is 0 Å². The number of carbonyl (C=O) groups excluding carboxylic acids is 1. The fourth-order valence-corrected chi connectivity index (χ4v) is 7.09. The van der Waals surface area contributed by atoms with E-state index in [4.69, 9.17) is 0 Å². The average Bonchev–Trinajstić information content (AvgIpc) is 2.92. The monoisotopic (exact) mass is 624 g/mol. The highest BCUT2D eigenvalue weighted by Crippen LogP contribution is 2.57. The minimum atomic E-state index is -3.90. The SMILES string of the molecule is CC(C)(C)CCC1(NCc2ccccc2)C(=O)C(C2=NS(O)(O)c3cc(NS(C)(=O)=O)ccc3N2)=C(O)c2ccccc21. The Kier molecular flexibility index (Phi) is 7.95. The fraction of sp³-hybridized carbons (Fsp3) is 0.290. The van der Waals surface area contributed by atoms with E-state index in [1.807, 2.05) is 42.5 Å². The molecule has 0 saturated heterocycles. The molecule has 3 aromatic rings. The lowest BCUT2D eigenvalue weighted by molar-refractivity contribution is -0.122. The molecular formula is C31H36N4O6S2. The standard InChI is InChI=1S/C31H36N4O6S2/c1-30(2,3)16-17-31(32-19-20-10-6-5-7-11-20)23-13-9-8-12-22(23)27(36)26(28(31)37)29-33-24-15-14-21(34-42(4,38)39)18-25(24)43(40,41)35-29/h5-15,18,32,34,36,40-41H,16-17,19H2,1-4H3,(H,33,35). The normalized spacial score (nSPS) is 20.4. The van der Waals surface area contributed by atoms with Crippen LogP contribution in [0.5, 0.6) is 0 Å². The van der Waals surface area contributed by atoms with Gasteiger partial charge < -0.3 is 10.4 Å². The Morgan fingerprint density at radius 2 is 1.67 bits per heavy atom. The molecule has 2 aliphatic rings. The van der Waals surface area contributed by atoms with Gasteiger partial charge >= 0.3 is 0 Å². The molecule has 0 spiro atoms. The second-order valence-corrected chi connectivity index (χ2v) is 15.5. The third-order valence-corrected chi connectivity index (χ3v) is 9.44. The van der Waals surface area contributed by atoms with Gasteiger partial charge in [-0.05, 0) is 47.6 Å². The van der Waals surface area contributed by atoms with Crippen molar-refractivity contribution < 1.29 is 27.4 Å². The number of Topliss-reactive ketones (excluding diaryl/α,β-unsaturated/α-hetero) is 1. The van der Waals surface area contributed by atoms with E-state index in [1.54, 1.807) is 12.1 Å². The molecule has 1 heterocycles. The van der Waals surface area contributed by atoms with Crippen LogP contribution in [-0.2, 0) is 26.9 Å². The Labute approximate surface area is 253 Å². The number of ketones is 1. The Morgan fingerprint density at radius 3 is 2.35 bits per heavy atom. The summed E-state index contributed by atoms with van der Waals surface area (Å²) in [5.74, 6) is -0.965. The smallest absolute Gasteiger partial charge is 0.229 e. The third-order valence-electron chi connectivity index (χ3n) is 7.47. The van der Waals surface area contributed by atoms with E-state index in [0.29, 0.717) is 30.5 Å². The zero-order valence-electron chi connectivity index (χ0n) is 24.4. The van der Waals surface area contributed by atoms with Gasteiger partial charge in [0.1, 0.15) is 21.8 Å². The van der Waals surface area contributed by atoms with Crippen LogP contribution < -0.4 is 15.4 Å². The lowest BCUT2D eigenvalue weighted by Crippen LogP contribution is -2.53. The molecule has 228 valence electrons. The van der Waals surface area contributed by atoms with Crippen LogP contribution in [0.15, 0.2) is 87.7 Å². The first-order valence-corrected chi connectivity index (χ1v) is 17.1. The van der Waals surface area contributed by atoms with Crippen LogP contribution in [0.3, 0.4) is 0 Å². The summed E-state index contributed by atoms with van der Waals surface area (Å²) in [4.78, 5) is 14.7. The molecule has 5 rings (SSSR count). The number of hydrogen-bond donors (Lipinski definition) is 6. The van der Waals surface area contributed by atoms with Crippen molar-refractivity contribution in [2.45, 2.75) is 50.6 Å². The molecule has 0 aromatic heterocycles. The van der Waals surface area contributed by atoms with Gasteiger partial charge in [-0.2, -0.15) is 0 Å². The molecule has 1 unspecified atom stereocenters. The molecular weight excluding hydrogens is 588 g/mol. The minimum absolute atomic E-state index is 0.0464. The molecule has 3 aromatic carbocycles. The van der Waals surface area contributed by atoms with E-state index in [1.165, 1.54) is 18.2 Å². The molecule has 10 nitrogen and oxygen atoms in total. The number of nitrogens with zero attached hydrogens (tertiary/aromatic N) is 1. The predicted octanol–water partition coefficient (Wildman–Crippen LogP) is 6.27. The Morgan fingerprint density at radius 1 is 1.00 bits per heavy atom. The van der Waals surface area contributed by atoms with Gasteiger partial charge in [0.15, 0.2) is 11.6 Å². The molecule has 0 fully saturated rings. The molecule has 1 aliphatic heterocycles. The van der Waals surface area contributed by atoms with Crippen LogP contribution in [-0.4, -0.2) is 40.5 Å². The highest BCUT2D eigenvalue weighted by molar-refractivity contribution is 8.23. The maximum absolute atomic E-state index is 14.8. The quantitative estimate of drug-likeness (QED) is 0.171. The van der Waals surface area contributed by atoms with Gasteiger partial charge in [-0.25, -0.2) is 8.42 Å². The fourth-order valence-electron chi connectivity index (χ4n) is 5.35. The molecule has 1 aliphatic carbocycles. The van der Waals surface area contributed by atoms with Crippen LogP contribution >= 0.6 is 10.8 Å². The number of aliphatic hydroxyl groups is 1. The summed E-state index contributed by atoms with van der Waals surface area (Å²) in [5.41, 5.74) is 0.818. The number of anilines is 2. The zero-order valence-corrected chi connectivity index (χ0v) is 26.0. The maximum Gasteiger partial charge on any atom is 0.229 e. The highest BCUT2D eigenvalue weighted by Gasteiger charge is 2.49. The van der Waals surface area contributed by atoms with Gasteiger partial charge in [0, 0.05) is 12.1 Å². The first-order valence-electron chi connectivity index (χ1n) is 13.7. The predicted molar refractivity (Wildman–Crippen MR) is 172 cm³/mol. The second kappa shape index (κ2) is 11.1. The molecule has 43 heavy (non-hydrogen) atoms. The maximum atomic E-state index is 14.8. The zero-order chi connectivity index (χ0) is 31.2. The van der Waals surface area contributed by atoms with Crippen LogP contribution in [0.4, 0.5) is 11.4 Å². The van der Waals surface area contributed by atoms with E-state index >= 15 is 0 Å². The second-order valence-electron chi connectivity index (χ2n) is 12.1. The van der Waals surface area contributed by atoms with Crippen molar-refractivity contribution in [3.05, 3.63) is 95.1 Å². The van der Waals surface area contributed by atoms with Crippen molar-refractivity contribution in [3.63, 3.8) is 0 Å². The minimum Gasteiger partial charge on any atom is -0.506 e. The number of fused-ring (bicyclic) bond motifs is 2. The topological polar surface area (TPSA) is 160 Å². The van der Waals surface area contributed by atoms with Crippen molar-refractivity contribution in [3.8, 4) is 0 Å². The van der Waals surface area contributed by atoms with Gasteiger partial charge in [-0.3, -0.25) is 23.9 Å². The number of nitrogens with one attached hydrogen (secondary N) is 3. The van der Waals surface area contributed by atoms with Crippen molar-refractivity contribution in [2.75, 3.05) is 16.3 Å². The Hall–Kier alpha value is -3.68. The van der Waals surface area contributed by atoms with Crippen molar-refractivity contribution >= 4 is 49.6 Å². The van der Waals surface area contributed by atoms with Crippen molar-refractivity contribution in [2.24, 2.45) is 9.81 Å². The molecule has 1 atom stereocenters. The van der Waals surface area contributed by atoms with Crippen molar-refractivity contribution in [1.82, 2.24) is 5.32 Å². The van der Waals surface area contributed by atoms with Gasteiger partial charge in [0.25, 0.3) is 0 Å². The first kappa shape index (κ1) is 30.8. The van der Waals surface area contributed by atoms with E-state index in [9.17, 15) is 27.4 Å². The van der Waals surface area contributed by atoms with E-state index in [2.05, 4.69) is 40.5 Å². The summed E-state index contributed by atoms with van der Waals surface area (Å²) in [6.07, 6.45) is 2.05. The lowest BCUT2D eigenvalue weighted by atomic mass is 9.69. The van der Waals surface area contributed by atoms with E-state index in [-0.39, 0.29) is 38.9 Å². The number of amidine groups is 1. The molecule has 12 heteroatoms. The molecule has 0 radical (unpaired) electrons. The highest BCUT2D eigenvalue weighted by atomic mass is 32.3. The summed E-state index contributed by atoms with van der Waals surface area (Å²) >= 11 is 0. The van der Waals surface area contributed by atoms with Gasteiger partial charge in [0.05, 0.1) is 17.6 Å². The van der Waals surface area contributed by atoms with E-state index in [0.717, 1.165) is 11.8 Å². The number of aliphatic hydroxyl groups excluding tert-OH is 1. The van der Waals surface area contributed by atoms with Gasteiger partial charge in [-0.15, -0.1) is 4.40 Å². The average molecular weight is 625 g/mol. The summed E-state index contributed by atoms with van der Waals surface area (Å²) in [6.45, 7) is 6.65. The van der Waals surface area contributed by atoms with Gasteiger partial charge in [0.2, 0.25) is 10.0 Å². The van der Waals surface area contributed by atoms with Crippen LogP contribution in [0.1, 0.15) is 50.3 Å². The molecule has 0 bridgehead atoms. The van der Waals surface area contributed by atoms with Crippen LogP contribution in [0, 0.1) is 5.41 Å². The number of sulfonamides is 1. The lowest BCUT2D eigenvalue weighted by Gasteiger charge is -2.42. The Bertz CT molecular complexity index is 1750. The summed E-state index contributed by atoms with van der Waals surface area (Å²) in [6, 6.07) is 21.0. The number of carbonyl (C=O) groups is 1. The molecule has 0 amide bonds. The molecule has 0 saturated carbocycles. The third kappa shape index (κ3) is 6.34. The van der Waals surface area contributed by atoms with E-state index < -0.39 is 32.1 Å². The van der Waals surface area contributed by atoms with Crippen molar-refractivity contribution in [1.29, 1.82) is 0 Å². The Balaban J connectivity index is 1.63. The number of hydrogen-bond acceptors (Lipinski definition) is 9. The summed E-state index contributed by atoms with van der Waals surface area (Å²) in [7, 11) is -7.52. The summed E-state index contributed by atoms with van der Waals surface area (Å²) in [5, 5.41) is 18.1. The van der Waals surface area contributed by atoms with Crippen LogP contribution in [0.25, 0.3) is 5.76 Å². The van der Waals surface area contributed by atoms with Gasteiger partial charge in [-0.1, -0.05) is 86.1 Å². The number of benzene rings is 3. The largest absolute Gasteiger partial charge is 0.506 e. The summed E-state index contributed by atoms with van der Waals surface area (Å²) < 4.78 is 52.1. The molecule has 6 N–H and O–H groups in total. The number of rotatable bonds is 8.